The van der Waals surface area contributed by atoms with E-state index in [4.69, 9.17) is 4.74 Å². The molecule has 7 nitrogen and oxygen atoms in total. The van der Waals surface area contributed by atoms with Crippen molar-refractivity contribution in [2.45, 2.75) is 51.7 Å². The van der Waals surface area contributed by atoms with Gasteiger partial charge < -0.3 is 15.4 Å². The first-order chi connectivity index (χ1) is 11.0. The fraction of sp³-hybridized carbons (Fsp3) is 0.933. The maximum Gasteiger partial charge on any atom is 0.213 e. The van der Waals surface area contributed by atoms with E-state index in [0.717, 1.165) is 38.8 Å². The highest BCUT2D eigenvalue weighted by Crippen LogP contribution is 2.28. The molecule has 0 spiro atoms. The zero-order valence-electron chi connectivity index (χ0n) is 14.2. The highest BCUT2D eigenvalue weighted by Gasteiger charge is 2.33. The van der Waals surface area contributed by atoms with Gasteiger partial charge >= 0.3 is 0 Å². The molecule has 3 N–H and O–H groups in total. The van der Waals surface area contributed by atoms with E-state index in [9.17, 15) is 8.42 Å². The number of guanidine groups is 1. The van der Waals surface area contributed by atoms with Crippen LogP contribution in [0.1, 0.15) is 39.5 Å². The Bertz CT molecular complexity index is 489. The SMILES string of the molecule is CCNC(=NCCS(=O)(=O)NCC1CCCCO1)NC1CC1C. The van der Waals surface area contributed by atoms with E-state index in [1.54, 1.807) is 0 Å². The van der Waals surface area contributed by atoms with Crippen molar-refractivity contribution in [2.75, 3.05) is 32.0 Å². The minimum Gasteiger partial charge on any atom is -0.377 e. The van der Waals surface area contributed by atoms with E-state index < -0.39 is 10.0 Å². The van der Waals surface area contributed by atoms with Crippen molar-refractivity contribution in [2.24, 2.45) is 10.9 Å². The molecule has 1 aliphatic carbocycles. The molecule has 8 heteroatoms. The van der Waals surface area contributed by atoms with E-state index in [1.807, 2.05) is 6.92 Å². The Morgan fingerprint density at radius 1 is 1.35 bits per heavy atom. The normalized spacial score (nSPS) is 28.4. The first-order valence-electron chi connectivity index (χ1n) is 8.64. The molecule has 0 aromatic rings. The number of hydrogen-bond donors (Lipinski definition) is 3. The van der Waals surface area contributed by atoms with Gasteiger partial charge in [-0.15, -0.1) is 0 Å². The largest absolute Gasteiger partial charge is 0.377 e. The van der Waals surface area contributed by atoms with Crippen molar-refractivity contribution in [1.29, 1.82) is 0 Å². The van der Waals surface area contributed by atoms with Gasteiger partial charge in [-0.25, -0.2) is 13.1 Å². The van der Waals surface area contributed by atoms with Crippen LogP contribution in [0.15, 0.2) is 4.99 Å². The van der Waals surface area contributed by atoms with E-state index in [0.29, 0.717) is 24.5 Å². The first kappa shape index (κ1) is 18.5. The van der Waals surface area contributed by atoms with Gasteiger partial charge in [0.15, 0.2) is 5.96 Å². The first-order valence-corrected chi connectivity index (χ1v) is 10.3. The van der Waals surface area contributed by atoms with Crippen LogP contribution in [0, 0.1) is 5.92 Å². The molecular weight excluding hydrogens is 316 g/mol. The van der Waals surface area contributed by atoms with Crippen molar-refractivity contribution < 1.29 is 13.2 Å². The zero-order chi connectivity index (χ0) is 16.7. The van der Waals surface area contributed by atoms with Crippen molar-refractivity contribution in [3.8, 4) is 0 Å². The topological polar surface area (TPSA) is 91.8 Å². The minimum atomic E-state index is -3.31. The third kappa shape index (κ3) is 7.05. The second-order valence-corrected chi connectivity index (χ2v) is 8.31. The van der Waals surface area contributed by atoms with Gasteiger partial charge in [0, 0.05) is 25.7 Å². The number of ether oxygens (including phenoxy) is 1. The van der Waals surface area contributed by atoms with Gasteiger partial charge in [-0.2, -0.15) is 0 Å². The Labute approximate surface area is 139 Å². The summed E-state index contributed by atoms with van der Waals surface area (Å²) in [6.45, 7) is 6.28. The minimum absolute atomic E-state index is 0.00346. The van der Waals surface area contributed by atoms with Crippen LogP contribution in [0.2, 0.25) is 0 Å². The van der Waals surface area contributed by atoms with Crippen LogP contribution in [0.4, 0.5) is 0 Å². The molecule has 0 bridgehead atoms. The summed E-state index contributed by atoms with van der Waals surface area (Å²) in [5, 5.41) is 6.46. The molecule has 2 aliphatic rings. The summed E-state index contributed by atoms with van der Waals surface area (Å²) < 4.78 is 32.2. The molecule has 2 fully saturated rings. The summed E-state index contributed by atoms with van der Waals surface area (Å²) in [6, 6.07) is 0.464. The van der Waals surface area contributed by atoms with Crippen LogP contribution >= 0.6 is 0 Å². The van der Waals surface area contributed by atoms with Gasteiger partial charge in [0.1, 0.15) is 0 Å². The Morgan fingerprint density at radius 3 is 2.74 bits per heavy atom. The molecule has 3 atom stereocenters. The molecule has 1 saturated carbocycles. The average Bonchev–Trinajstić information content (AvgIpc) is 3.21. The maximum atomic E-state index is 12.0. The van der Waals surface area contributed by atoms with E-state index in [-0.39, 0.29) is 18.4 Å². The Balaban J connectivity index is 1.71. The number of hydrogen-bond acceptors (Lipinski definition) is 4. The molecule has 1 aliphatic heterocycles. The van der Waals surface area contributed by atoms with E-state index >= 15 is 0 Å². The lowest BCUT2D eigenvalue weighted by atomic mass is 10.1. The summed E-state index contributed by atoms with van der Waals surface area (Å²) in [5.41, 5.74) is 0. The predicted octanol–water partition coefficient (Wildman–Crippen LogP) is 0.438. The molecule has 0 radical (unpaired) electrons. The number of nitrogens with zero attached hydrogens (tertiary/aromatic N) is 1. The Morgan fingerprint density at radius 2 is 2.13 bits per heavy atom. The van der Waals surface area contributed by atoms with Gasteiger partial charge in [-0.05, 0) is 38.5 Å². The molecular formula is C15H30N4O3S. The van der Waals surface area contributed by atoms with Gasteiger partial charge in [0.25, 0.3) is 0 Å². The quantitative estimate of drug-likeness (QED) is 0.438. The van der Waals surface area contributed by atoms with Crippen LogP contribution in [-0.2, 0) is 14.8 Å². The second-order valence-electron chi connectivity index (χ2n) is 6.38. The molecule has 1 heterocycles. The maximum absolute atomic E-state index is 12.0. The lowest BCUT2D eigenvalue weighted by Gasteiger charge is -2.22. The van der Waals surface area contributed by atoms with E-state index in [1.165, 1.54) is 0 Å². The lowest BCUT2D eigenvalue weighted by Crippen LogP contribution is -2.40. The summed E-state index contributed by atoms with van der Waals surface area (Å²) in [4.78, 5) is 4.35. The summed E-state index contributed by atoms with van der Waals surface area (Å²) >= 11 is 0. The van der Waals surface area contributed by atoms with Crippen molar-refractivity contribution in [3.63, 3.8) is 0 Å². The molecule has 0 amide bonds. The summed E-state index contributed by atoms with van der Waals surface area (Å²) in [6.07, 6.45) is 4.25. The zero-order valence-corrected chi connectivity index (χ0v) is 15.0. The standard InChI is InChI=1S/C15H30N4O3S/c1-3-16-15(19-14-10-12(14)2)17-7-9-23(20,21)18-11-13-6-4-5-8-22-13/h12-14,18H,3-11H2,1-2H3,(H2,16,17,19). The number of sulfonamides is 1. The number of nitrogens with one attached hydrogen (secondary N) is 3. The molecule has 23 heavy (non-hydrogen) atoms. The van der Waals surface area contributed by atoms with Crippen LogP contribution in [0.3, 0.4) is 0 Å². The highest BCUT2D eigenvalue weighted by atomic mass is 32.2. The Hall–Kier alpha value is -0.860. The average molecular weight is 346 g/mol. The number of rotatable bonds is 8. The molecule has 2 rings (SSSR count). The number of aliphatic imine (C=N–C) groups is 1. The Kier molecular flexibility index (Phi) is 7.10. The highest BCUT2D eigenvalue weighted by molar-refractivity contribution is 7.89. The predicted molar refractivity (Wildman–Crippen MR) is 92.1 cm³/mol. The van der Waals surface area contributed by atoms with E-state index in [2.05, 4.69) is 27.3 Å². The van der Waals surface area contributed by atoms with Gasteiger partial charge in [0.05, 0.1) is 18.4 Å². The molecule has 3 unspecified atom stereocenters. The smallest absolute Gasteiger partial charge is 0.213 e. The van der Waals surface area contributed by atoms with Crippen molar-refractivity contribution in [3.05, 3.63) is 0 Å². The third-order valence-corrected chi connectivity index (χ3v) is 5.54. The fourth-order valence-corrected chi connectivity index (χ4v) is 3.47. The van der Waals surface area contributed by atoms with Crippen LogP contribution < -0.4 is 15.4 Å². The van der Waals surface area contributed by atoms with Crippen LogP contribution in [0.5, 0.6) is 0 Å². The van der Waals surface area contributed by atoms with Gasteiger partial charge in [-0.3, -0.25) is 4.99 Å². The monoisotopic (exact) mass is 346 g/mol. The lowest BCUT2D eigenvalue weighted by molar-refractivity contribution is 0.0200. The molecule has 0 aromatic carbocycles. The van der Waals surface area contributed by atoms with Crippen LogP contribution in [0.25, 0.3) is 0 Å². The van der Waals surface area contributed by atoms with Crippen molar-refractivity contribution in [1.82, 2.24) is 15.4 Å². The molecule has 1 saturated heterocycles. The summed E-state index contributed by atoms with van der Waals surface area (Å²) in [5.74, 6) is 1.36. The third-order valence-electron chi connectivity index (χ3n) is 4.21. The fourth-order valence-electron chi connectivity index (χ4n) is 2.56. The van der Waals surface area contributed by atoms with Gasteiger partial charge in [0.2, 0.25) is 10.0 Å². The summed E-state index contributed by atoms with van der Waals surface area (Å²) in [7, 11) is -3.31. The van der Waals surface area contributed by atoms with Crippen molar-refractivity contribution >= 4 is 16.0 Å². The second kappa shape index (κ2) is 8.84. The molecule has 134 valence electrons. The molecule has 0 aromatic heterocycles. The van der Waals surface area contributed by atoms with Gasteiger partial charge in [-0.1, -0.05) is 6.92 Å². The van der Waals surface area contributed by atoms with Crippen LogP contribution in [-0.4, -0.2) is 58.5 Å².